The summed E-state index contributed by atoms with van der Waals surface area (Å²) in [7, 11) is 5.44. The lowest BCUT2D eigenvalue weighted by atomic mass is 9.96. The molecule has 1 aromatic heterocycles. The summed E-state index contributed by atoms with van der Waals surface area (Å²) in [5.41, 5.74) is 1.12. The largest absolute Gasteiger partial charge is 0.294 e. The van der Waals surface area contributed by atoms with Crippen molar-refractivity contribution < 1.29 is 4.79 Å². The average molecular weight is 145 g/mol. The highest BCUT2D eigenvalue weighted by atomic mass is 16.1. The Bertz CT molecular complexity index is 273. The van der Waals surface area contributed by atoms with Gasteiger partial charge in [0, 0.05) is 24.4 Å². The summed E-state index contributed by atoms with van der Waals surface area (Å²) in [5.74, 6) is 0.0739. The Balaban J connectivity index is 2.96. The van der Waals surface area contributed by atoms with Gasteiger partial charge in [0.05, 0.1) is 0 Å². The second kappa shape index (κ2) is 3.33. The van der Waals surface area contributed by atoms with E-state index in [1.807, 2.05) is 6.92 Å². The highest BCUT2D eigenvalue weighted by Crippen LogP contribution is 1.97. The lowest BCUT2D eigenvalue weighted by Crippen LogP contribution is -2.07. The molecule has 54 valence electrons. The zero-order valence-electron chi connectivity index (χ0n) is 6.37. The quantitative estimate of drug-likeness (QED) is 0.447. The maximum absolute atomic E-state index is 11.1. The number of carbonyl (C=O) groups excluding carboxylic acids is 1. The molecule has 2 nitrogen and oxygen atoms in total. The fourth-order valence-corrected chi connectivity index (χ4v) is 0.814. The van der Waals surface area contributed by atoms with Gasteiger partial charge >= 0.3 is 0 Å². The Labute approximate surface area is 67.1 Å². The van der Waals surface area contributed by atoms with E-state index in [2.05, 4.69) is 4.98 Å². The molecule has 11 heavy (non-hydrogen) atoms. The van der Waals surface area contributed by atoms with Crippen LogP contribution in [0.2, 0.25) is 0 Å². The molecule has 1 rings (SSSR count). The van der Waals surface area contributed by atoms with E-state index in [0.717, 1.165) is 0 Å². The van der Waals surface area contributed by atoms with Gasteiger partial charge in [-0.15, -0.1) is 0 Å². The van der Waals surface area contributed by atoms with Crippen LogP contribution >= 0.6 is 0 Å². The average Bonchev–Trinajstić information content (AvgIpc) is 2.03. The highest BCUT2D eigenvalue weighted by molar-refractivity contribution is 6.32. The van der Waals surface area contributed by atoms with Crippen LogP contribution in [0.1, 0.15) is 23.7 Å². The van der Waals surface area contributed by atoms with Crippen LogP contribution in [-0.4, -0.2) is 18.6 Å². The first-order chi connectivity index (χ1) is 5.24. The molecule has 0 aliphatic heterocycles. The molecule has 1 aromatic rings. The maximum atomic E-state index is 11.1. The minimum absolute atomic E-state index is 0.0739. The molecule has 3 heteroatoms. The summed E-state index contributed by atoms with van der Waals surface area (Å²) in [6.07, 6.45) is 3.54. The van der Waals surface area contributed by atoms with Gasteiger partial charge in [-0.1, -0.05) is 18.5 Å². The number of Topliss-reactive ketones (excluding diaryl/α,β-unsaturated/α-hetero) is 1. The minimum Gasteiger partial charge on any atom is -0.294 e. The Kier molecular flexibility index (Phi) is 2.42. The molecule has 0 aliphatic rings. The highest BCUT2D eigenvalue weighted by Gasteiger charge is 2.01. The second-order valence-electron chi connectivity index (χ2n) is 2.28. The van der Waals surface area contributed by atoms with Gasteiger partial charge in [0.25, 0.3) is 0 Å². The van der Waals surface area contributed by atoms with E-state index in [-0.39, 0.29) is 5.78 Å². The van der Waals surface area contributed by atoms with E-state index in [4.69, 9.17) is 7.85 Å². The van der Waals surface area contributed by atoms with Gasteiger partial charge in [-0.25, -0.2) is 0 Å². The van der Waals surface area contributed by atoms with E-state index >= 15 is 0 Å². The molecule has 0 aromatic carbocycles. The van der Waals surface area contributed by atoms with Crippen molar-refractivity contribution in [3.8, 4) is 0 Å². The van der Waals surface area contributed by atoms with Gasteiger partial charge in [-0.3, -0.25) is 9.78 Å². The Morgan fingerprint density at radius 1 is 1.64 bits per heavy atom. The van der Waals surface area contributed by atoms with Crippen LogP contribution < -0.4 is 5.46 Å². The molecule has 0 spiro atoms. The van der Waals surface area contributed by atoms with E-state index in [1.54, 1.807) is 6.07 Å². The number of carbonyl (C=O) groups is 1. The third-order valence-electron chi connectivity index (χ3n) is 1.40. The van der Waals surface area contributed by atoms with Gasteiger partial charge in [0.1, 0.15) is 7.85 Å². The Morgan fingerprint density at radius 2 is 2.36 bits per heavy atom. The molecule has 1 heterocycles. The minimum atomic E-state index is 0.0739. The number of nitrogens with zero attached hydrogens (tertiary/aromatic N) is 1. The molecule has 0 aliphatic carbocycles. The van der Waals surface area contributed by atoms with Crippen molar-refractivity contribution in [1.82, 2.24) is 4.98 Å². The lowest BCUT2D eigenvalue weighted by molar-refractivity contribution is 0.0988. The predicted molar refractivity (Wildman–Crippen MR) is 44.2 cm³/mol. The van der Waals surface area contributed by atoms with Crippen molar-refractivity contribution in [2.45, 2.75) is 13.3 Å². The van der Waals surface area contributed by atoms with Crippen LogP contribution in [-0.2, 0) is 0 Å². The number of hydrogen-bond donors (Lipinski definition) is 0. The molecular formula is C8H8BNO. The monoisotopic (exact) mass is 145 g/mol. The van der Waals surface area contributed by atoms with Crippen LogP contribution in [0.3, 0.4) is 0 Å². The van der Waals surface area contributed by atoms with Crippen LogP contribution in [0.4, 0.5) is 0 Å². The lowest BCUT2D eigenvalue weighted by Gasteiger charge is -1.97. The normalized spacial score (nSPS) is 9.55. The molecule has 0 amide bonds. The standard InChI is InChI=1S/C8H8BNO/c1-2-8(11)6-3-7(9)5-10-4-6/h3-5H,2H2,1H3. The SMILES string of the molecule is [B]c1cncc(C(=O)CC)c1. The van der Waals surface area contributed by atoms with Crippen LogP contribution in [0.15, 0.2) is 18.5 Å². The van der Waals surface area contributed by atoms with Gasteiger partial charge < -0.3 is 0 Å². The third-order valence-corrected chi connectivity index (χ3v) is 1.40. The van der Waals surface area contributed by atoms with Crippen molar-refractivity contribution in [3.63, 3.8) is 0 Å². The topological polar surface area (TPSA) is 30.0 Å². The molecule has 0 saturated heterocycles. The summed E-state index contributed by atoms with van der Waals surface area (Å²) < 4.78 is 0. The number of ketones is 1. The molecule has 0 fully saturated rings. The van der Waals surface area contributed by atoms with E-state index < -0.39 is 0 Å². The summed E-state index contributed by atoms with van der Waals surface area (Å²) in [6, 6.07) is 1.64. The van der Waals surface area contributed by atoms with Crippen molar-refractivity contribution in [3.05, 3.63) is 24.0 Å². The summed E-state index contributed by atoms with van der Waals surface area (Å²) in [6.45, 7) is 1.81. The molecule has 0 unspecified atom stereocenters. The first-order valence-electron chi connectivity index (χ1n) is 3.47. The summed E-state index contributed by atoms with van der Waals surface area (Å²) in [5, 5.41) is 0. The molecular weight excluding hydrogens is 137 g/mol. The zero-order chi connectivity index (χ0) is 8.27. The third kappa shape index (κ3) is 1.90. The molecule has 0 atom stereocenters. The van der Waals surface area contributed by atoms with Crippen molar-refractivity contribution >= 4 is 19.1 Å². The number of rotatable bonds is 2. The van der Waals surface area contributed by atoms with E-state index in [1.165, 1.54) is 12.4 Å². The van der Waals surface area contributed by atoms with Crippen molar-refractivity contribution in [1.29, 1.82) is 0 Å². The van der Waals surface area contributed by atoms with Gasteiger partial charge in [-0.05, 0) is 0 Å². The molecule has 0 saturated carbocycles. The Hall–Kier alpha value is -1.12. The number of pyridine rings is 1. The van der Waals surface area contributed by atoms with E-state index in [0.29, 0.717) is 17.4 Å². The van der Waals surface area contributed by atoms with Crippen LogP contribution in [0.25, 0.3) is 0 Å². The van der Waals surface area contributed by atoms with Crippen LogP contribution in [0, 0.1) is 0 Å². The Morgan fingerprint density at radius 3 is 2.91 bits per heavy atom. The predicted octanol–water partition coefficient (Wildman–Crippen LogP) is 0.468. The molecule has 0 bridgehead atoms. The van der Waals surface area contributed by atoms with Crippen molar-refractivity contribution in [2.75, 3.05) is 0 Å². The number of hydrogen-bond acceptors (Lipinski definition) is 2. The van der Waals surface area contributed by atoms with Gasteiger partial charge in [0.15, 0.2) is 5.78 Å². The second-order valence-corrected chi connectivity index (χ2v) is 2.28. The first-order valence-corrected chi connectivity index (χ1v) is 3.47. The molecule has 2 radical (unpaired) electrons. The van der Waals surface area contributed by atoms with Crippen LogP contribution in [0.5, 0.6) is 0 Å². The smallest absolute Gasteiger partial charge is 0.164 e. The summed E-state index contributed by atoms with van der Waals surface area (Å²) >= 11 is 0. The fraction of sp³-hybridized carbons (Fsp3) is 0.250. The first kappa shape index (κ1) is 7.99. The van der Waals surface area contributed by atoms with Crippen molar-refractivity contribution in [2.24, 2.45) is 0 Å². The fourth-order valence-electron chi connectivity index (χ4n) is 0.814. The van der Waals surface area contributed by atoms with E-state index in [9.17, 15) is 4.79 Å². The molecule has 0 N–H and O–H groups in total. The maximum Gasteiger partial charge on any atom is 0.164 e. The summed E-state index contributed by atoms with van der Waals surface area (Å²) in [4.78, 5) is 14.9. The van der Waals surface area contributed by atoms with Gasteiger partial charge in [-0.2, -0.15) is 0 Å². The number of aromatic nitrogens is 1. The van der Waals surface area contributed by atoms with Gasteiger partial charge in [0.2, 0.25) is 0 Å². The zero-order valence-corrected chi connectivity index (χ0v) is 6.37.